The number of likely N-dealkylation sites (tertiary alicyclic amines) is 1. The van der Waals surface area contributed by atoms with Crippen molar-refractivity contribution in [3.63, 3.8) is 0 Å². The Balaban J connectivity index is 1.45. The summed E-state index contributed by atoms with van der Waals surface area (Å²) in [6, 6.07) is 2.26. The maximum Gasteiger partial charge on any atom is 0.247 e. The van der Waals surface area contributed by atoms with Gasteiger partial charge in [-0.15, -0.1) is 0 Å². The molecular formula is C15H24N4O. The van der Waals surface area contributed by atoms with E-state index in [0.29, 0.717) is 6.04 Å². The highest BCUT2D eigenvalue weighted by Crippen LogP contribution is 2.28. The molecule has 1 saturated carbocycles. The molecule has 1 saturated heterocycles. The lowest BCUT2D eigenvalue weighted by Crippen LogP contribution is -2.47. The molecule has 5 heteroatoms. The summed E-state index contributed by atoms with van der Waals surface area (Å²) in [6.07, 6.45) is 8.51. The van der Waals surface area contributed by atoms with E-state index in [1.807, 2.05) is 24.1 Å². The van der Waals surface area contributed by atoms with Gasteiger partial charge in [0.15, 0.2) is 0 Å². The zero-order valence-corrected chi connectivity index (χ0v) is 12.2. The van der Waals surface area contributed by atoms with Crippen molar-refractivity contribution in [3.8, 4) is 0 Å². The van der Waals surface area contributed by atoms with Gasteiger partial charge in [-0.2, -0.15) is 5.10 Å². The van der Waals surface area contributed by atoms with Crippen LogP contribution in [-0.4, -0.2) is 46.3 Å². The Hall–Kier alpha value is -1.36. The van der Waals surface area contributed by atoms with Crippen LogP contribution in [0, 0.1) is 5.92 Å². The molecule has 0 radical (unpaired) electrons. The Morgan fingerprint density at radius 2 is 2.10 bits per heavy atom. The van der Waals surface area contributed by atoms with Crippen LogP contribution in [0.5, 0.6) is 0 Å². The Morgan fingerprint density at radius 3 is 2.70 bits per heavy atom. The van der Waals surface area contributed by atoms with E-state index in [0.717, 1.165) is 31.8 Å². The van der Waals surface area contributed by atoms with Gasteiger partial charge in [-0.05, 0) is 51.1 Å². The van der Waals surface area contributed by atoms with Crippen molar-refractivity contribution in [2.75, 3.05) is 19.6 Å². The molecule has 2 heterocycles. The second-order valence-electron chi connectivity index (χ2n) is 6.11. The lowest BCUT2D eigenvalue weighted by Gasteiger charge is -2.34. The number of rotatable bonds is 5. The van der Waals surface area contributed by atoms with Crippen LogP contribution >= 0.6 is 0 Å². The minimum atomic E-state index is -0.194. The van der Waals surface area contributed by atoms with Crippen LogP contribution in [0.2, 0.25) is 0 Å². The van der Waals surface area contributed by atoms with Crippen molar-refractivity contribution in [3.05, 3.63) is 18.5 Å². The zero-order chi connectivity index (χ0) is 13.9. The molecule has 1 unspecified atom stereocenters. The summed E-state index contributed by atoms with van der Waals surface area (Å²) in [4.78, 5) is 14.4. The summed E-state index contributed by atoms with van der Waals surface area (Å²) in [5.74, 6) is 1.11. The zero-order valence-electron chi connectivity index (χ0n) is 12.2. The quantitative estimate of drug-likeness (QED) is 0.885. The fourth-order valence-corrected chi connectivity index (χ4v) is 2.85. The molecule has 0 aromatic carbocycles. The predicted molar refractivity (Wildman–Crippen MR) is 77.3 cm³/mol. The Bertz CT molecular complexity index is 433. The average Bonchev–Trinajstić information content (AvgIpc) is 3.16. The second-order valence-corrected chi connectivity index (χ2v) is 6.11. The summed E-state index contributed by atoms with van der Waals surface area (Å²) >= 11 is 0. The van der Waals surface area contributed by atoms with Gasteiger partial charge in [0, 0.05) is 31.5 Å². The van der Waals surface area contributed by atoms with Crippen molar-refractivity contribution < 1.29 is 4.79 Å². The molecule has 20 heavy (non-hydrogen) atoms. The highest BCUT2D eigenvalue weighted by Gasteiger charge is 2.28. The largest absolute Gasteiger partial charge is 0.341 e. The number of carbonyl (C=O) groups is 1. The molecule has 1 atom stereocenters. The average molecular weight is 276 g/mol. The summed E-state index contributed by atoms with van der Waals surface area (Å²) in [5, 5.41) is 7.80. The van der Waals surface area contributed by atoms with E-state index < -0.39 is 0 Å². The van der Waals surface area contributed by atoms with Gasteiger partial charge in [0.25, 0.3) is 0 Å². The molecule has 2 aliphatic rings. The van der Waals surface area contributed by atoms with Crippen LogP contribution < -0.4 is 5.32 Å². The normalized spacial score (nSPS) is 21.9. The van der Waals surface area contributed by atoms with Gasteiger partial charge in [-0.3, -0.25) is 9.48 Å². The molecule has 3 rings (SSSR count). The first-order valence-electron chi connectivity index (χ1n) is 7.75. The van der Waals surface area contributed by atoms with Crippen molar-refractivity contribution in [1.29, 1.82) is 0 Å². The monoisotopic (exact) mass is 276 g/mol. The molecule has 1 aliphatic carbocycles. The number of aromatic nitrogens is 2. The van der Waals surface area contributed by atoms with Gasteiger partial charge in [0.1, 0.15) is 6.04 Å². The molecule has 1 amide bonds. The summed E-state index contributed by atoms with van der Waals surface area (Å²) in [6.45, 7) is 4.83. The van der Waals surface area contributed by atoms with Gasteiger partial charge < -0.3 is 10.2 Å². The van der Waals surface area contributed by atoms with Gasteiger partial charge in [0.05, 0.1) is 0 Å². The number of piperidine rings is 1. The molecule has 2 fully saturated rings. The third kappa shape index (κ3) is 3.20. The predicted octanol–water partition coefficient (Wildman–Crippen LogP) is 1.43. The van der Waals surface area contributed by atoms with Crippen LogP contribution in [0.4, 0.5) is 0 Å². The topological polar surface area (TPSA) is 50.2 Å². The molecule has 1 N–H and O–H groups in total. The maximum atomic E-state index is 12.4. The van der Waals surface area contributed by atoms with Crippen molar-refractivity contribution in [1.82, 2.24) is 20.0 Å². The Kier molecular flexibility index (Phi) is 4.05. The number of nitrogens with zero attached hydrogens (tertiary/aromatic N) is 3. The first-order valence-corrected chi connectivity index (χ1v) is 7.75. The van der Waals surface area contributed by atoms with Crippen LogP contribution in [0.3, 0.4) is 0 Å². The molecule has 1 aromatic heterocycles. The fraction of sp³-hybridized carbons (Fsp3) is 0.733. The van der Waals surface area contributed by atoms with Gasteiger partial charge in [-0.1, -0.05) is 0 Å². The number of amides is 1. The van der Waals surface area contributed by atoms with E-state index in [1.165, 1.54) is 19.4 Å². The molecular weight excluding hydrogens is 252 g/mol. The van der Waals surface area contributed by atoms with Crippen LogP contribution in [0.1, 0.15) is 38.6 Å². The van der Waals surface area contributed by atoms with Gasteiger partial charge in [0.2, 0.25) is 5.91 Å². The van der Waals surface area contributed by atoms with E-state index in [4.69, 9.17) is 0 Å². The minimum Gasteiger partial charge on any atom is -0.341 e. The van der Waals surface area contributed by atoms with Crippen molar-refractivity contribution in [2.24, 2.45) is 5.92 Å². The third-order valence-electron chi connectivity index (χ3n) is 4.48. The van der Waals surface area contributed by atoms with E-state index in [9.17, 15) is 4.79 Å². The first-order chi connectivity index (χ1) is 9.74. The van der Waals surface area contributed by atoms with Crippen molar-refractivity contribution >= 4 is 5.91 Å². The Labute approximate surface area is 120 Å². The summed E-state index contributed by atoms with van der Waals surface area (Å²) in [5.41, 5.74) is 0. The standard InChI is InChI=1S/C15H24N4O/c1-12(19-8-2-7-17-19)15(20)18-9-5-14(6-10-18)16-11-13-3-4-13/h2,7-8,12-14,16H,3-6,9-11H2,1H3. The van der Waals surface area contributed by atoms with E-state index in [2.05, 4.69) is 10.4 Å². The highest BCUT2D eigenvalue weighted by atomic mass is 16.2. The van der Waals surface area contributed by atoms with Gasteiger partial charge >= 0.3 is 0 Å². The molecule has 1 aromatic rings. The second kappa shape index (κ2) is 5.95. The third-order valence-corrected chi connectivity index (χ3v) is 4.48. The maximum absolute atomic E-state index is 12.4. The molecule has 0 spiro atoms. The number of hydrogen-bond acceptors (Lipinski definition) is 3. The highest BCUT2D eigenvalue weighted by molar-refractivity contribution is 5.80. The Morgan fingerprint density at radius 1 is 1.35 bits per heavy atom. The molecule has 1 aliphatic heterocycles. The SMILES string of the molecule is CC(C(=O)N1CCC(NCC2CC2)CC1)n1cccn1. The van der Waals surface area contributed by atoms with Gasteiger partial charge in [-0.25, -0.2) is 0 Å². The lowest BCUT2D eigenvalue weighted by atomic mass is 10.0. The minimum absolute atomic E-state index is 0.189. The van der Waals surface area contributed by atoms with Crippen molar-refractivity contribution in [2.45, 2.75) is 44.7 Å². The van der Waals surface area contributed by atoms with E-state index in [-0.39, 0.29) is 11.9 Å². The number of carbonyl (C=O) groups excluding carboxylic acids is 1. The summed E-state index contributed by atoms with van der Waals surface area (Å²) < 4.78 is 1.74. The lowest BCUT2D eigenvalue weighted by molar-refractivity contribution is -0.135. The van der Waals surface area contributed by atoms with E-state index >= 15 is 0 Å². The van der Waals surface area contributed by atoms with Crippen LogP contribution in [-0.2, 0) is 4.79 Å². The fourth-order valence-electron chi connectivity index (χ4n) is 2.85. The molecule has 5 nitrogen and oxygen atoms in total. The molecule has 0 bridgehead atoms. The number of nitrogens with one attached hydrogen (secondary N) is 1. The molecule has 110 valence electrons. The summed E-state index contributed by atoms with van der Waals surface area (Å²) in [7, 11) is 0. The van der Waals surface area contributed by atoms with Crippen LogP contribution in [0.25, 0.3) is 0 Å². The van der Waals surface area contributed by atoms with E-state index in [1.54, 1.807) is 10.9 Å². The smallest absolute Gasteiger partial charge is 0.247 e. The first kappa shape index (κ1) is 13.6. The number of hydrogen-bond donors (Lipinski definition) is 1. The van der Waals surface area contributed by atoms with Crippen LogP contribution in [0.15, 0.2) is 18.5 Å².